The number of aliphatic hydroxyl groups excluding tert-OH is 1. The van der Waals surface area contributed by atoms with Crippen molar-refractivity contribution < 1.29 is 9.90 Å². The van der Waals surface area contributed by atoms with E-state index in [2.05, 4.69) is 37.9 Å². The SMILES string of the molecule is CC(O)CC(C)(C)CNC(=O)C(C(C)C)N1CCCCC1. The van der Waals surface area contributed by atoms with E-state index in [0.29, 0.717) is 18.9 Å². The third-order valence-electron chi connectivity index (χ3n) is 4.27. The number of aliphatic hydroxyl groups is 1. The van der Waals surface area contributed by atoms with Crippen LogP contribution in [0.15, 0.2) is 0 Å². The fourth-order valence-electron chi connectivity index (χ4n) is 3.39. The number of carbonyl (C=O) groups is 1. The van der Waals surface area contributed by atoms with E-state index in [1.165, 1.54) is 19.3 Å². The molecule has 2 unspecified atom stereocenters. The van der Waals surface area contributed by atoms with Gasteiger partial charge in [-0.1, -0.05) is 34.1 Å². The van der Waals surface area contributed by atoms with E-state index in [4.69, 9.17) is 0 Å². The minimum absolute atomic E-state index is 0.0207. The molecule has 4 nitrogen and oxygen atoms in total. The maximum atomic E-state index is 12.6. The number of nitrogens with zero attached hydrogens (tertiary/aromatic N) is 1. The molecule has 0 saturated carbocycles. The van der Waals surface area contributed by atoms with E-state index in [1.807, 2.05) is 0 Å². The Bertz CT molecular complexity index is 321. The van der Waals surface area contributed by atoms with E-state index < -0.39 is 0 Å². The summed E-state index contributed by atoms with van der Waals surface area (Å²) in [6.45, 7) is 12.9. The zero-order valence-electron chi connectivity index (χ0n) is 14.5. The highest BCUT2D eigenvalue weighted by molar-refractivity contribution is 5.82. The molecule has 0 aliphatic carbocycles. The first kappa shape index (κ1) is 18.4. The van der Waals surface area contributed by atoms with Gasteiger partial charge in [0.1, 0.15) is 0 Å². The minimum atomic E-state index is -0.333. The molecule has 1 heterocycles. The molecule has 1 aliphatic rings. The molecule has 0 aromatic carbocycles. The maximum absolute atomic E-state index is 12.6. The summed E-state index contributed by atoms with van der Waals surface area (Å²) >= 11 is 0. The summed E-state index contributed by atoms with van der Waals surface area (Å²) in [4.78, 5) is 14.9. The molecule has 0 aromatic heterocycles. The Kier molecular flexibility index (Phi) is 7.14. The average Bonchev–Trinajstić information content (AvgIpc) is 2.36. The highest BCUT2D eigenvalue weighted by Crippen LogP contribution is 2.22. The van der Waals surface area contributed by atoms with Gasteiger partial charge in [-0.05, 0) is 50.6 Å². The molecule has 1 amide bonds. The van der Waals surface area contributed by atoms with Crippen LogP contribution in [-0.4, -0.2) is 47.7 Å². The predicted molar refractivity (Wildman–Crippen MR) is 87.1 cm³/mol. The molecule has 21 heavy (non-hydrogen) atoms. The maximum Gasteiger partial charge on any atom is 0.237 e. The Labute approximate surface area is 130 Å². The van der Waals surface area contributed by atoms with Crippen LogP contribution in [0.4, 0.5) is 0 Å². The molecule has 124 valence electrons. The third kappa shape index (κ3) is 6.35. The van der Waals surface area contributed by atoms with Gasteiger partial charge in [-0.15, -0.1) is 0 Å². The van der Waals surface area contributed by atoms with Crippen LogP contribution in [0.25, 0.3) is 0 Å². The Morgan fingerprint density at radius 3 is 2.24 bits per heavy atom. The molecule has 0 aromatic rings. The van der Waals surface area contributed by atoms with Crippen molar-refractivity contribution in [3.8, 4) is 0 Å². The first-order valence-electron chi connectivity index (χ1n) is 8.43. The lowest BCUT2D eigenvalue weighted by atomic mass is 9.86. The van der Waals surface area contributed by atoms with Crippen molar-refractivity contribution in [1.29, 1.82) is 0 Å². The molecule has 2 N–H and O–H groups in total. The van der Waals surface area contributed by atoms with Crippen molar-refractivity contribution >= 4 is 5.91 Å². The average molecular weight is 298 g/mol. The van der Waals surface area contributed by atoms with Crippen LogP contribution in [0, 0.1) is 11.3 Å². The first-order valence-corrected chi connectivity index (χ1v) is 8.43. The van der Waals surface area contributed by atoms with Gasteiger partial charge in [0.2, 0.25) is 5.91 Å². The van der Waals surface area contributed by atoms with Crippen LogP contribution >= 0.6 is 0 Å². The van der Waals surface area contributed by atoms with E-state index in [1.54, 1.807) is 6.92 Å². The third-order valence-corrected chi connectivity index (χ3v) is 4.27. The normalized spacial score (nSPS) is 20.3. The lowest BCUT2D eigenvalue weighted by molar-refractivity contribution is -0.129. The molecular formula is C17H34N2O2. The Morgan fingerprint density at radius 2 is 1.76 bits per heavy atom. The molecule has 1 aliphatic heterocycles. The summed E-state index contributed by atoms with van der Waals surface area (Å²) in [5, 5.41) is 12.6. The number of piperidine rings is 1. The molecule has 4 heteroatoms. The monoisotopic (exact) mass is 298 g/mol. The van der Waals surface area contributed by atoms with Crippen molar-refractivity contribution in [2.45, 2.75) is 72.4 Å². The van der Waals surface area contributed by atoms with Gasteiger partial charge in [0.05, 0.1) is 12.1 Å². The number of hydrogen-bond donors (Lipinski definition) is 2. The second-order valence-corrected chi connectivity index (χ2v) is 7.72. The summed E-state index contributed by atoms with van der Waals surface area (Å²) in [5.41, 5.74) is -0.0761. The van der Waals surface area contributed by atoms with Gasteiger partial charge >= 0.3 is 0 Å². The second-order valence-electron chi connectivity index (χ2n) is 7.72. The lowest BCUT2D eigenvalue weighted by Gasteiger charge is -2.36. The van der Waals surface area contributed by atoms with Gasteiger partial charge in [0, 0.05) is 6.54 Å². The Balaban J connectivity index is 2.57. The Hall–Kier alpha value is -0.610. The second kappa shape index (κ2) is 8.14. The van der Waals surface area contributed by atoms with E-state index in [-0.39, 0.29) is 23.5 Å². The van der Waals surface area contributed by atoms with Crippen LogP contribution in [0.1, 0.15) is 60.3 Å². The summed E-state index contributed by atoms with van der Waals surface area (Å²) in [6, 6.07) is -0.0207. The molecule has 2 atom stereocenters. The number of hydrogen-bond acceptors (Lipinski definition) is 3. The molecule has 0 radical (unpaired) electrons. The van der Waals surface area contributed by atoms with Crippen LogP contribution in [-0.2, 0) is 4.79 Å². The summed E-state index contributed by atoms with van der Waals surface area (Å²) in [5.74, 6) is 0.466. The molecular weight excluding hydrogens is 264 g/mol. The molecule has 1 rings (SSSR count). The fourth-order valence-corrected chi connectivity index (χ4v) is 3.39. The zero-order valence-corrected chi connectivity index (χ0v) is 14.5. The summed E-state index contributed by atoms with van der Waals surface area (Å²) in [6.07, 6.45) is 4.04. The molecule has 0 spiro atoms. The van der Waals surface area contributed by atoms with E-state index in [9.17, 15) is 9.90 Å². The molecule has 1 saturated heterocycles. The Morgan fingerprint density at radius 1 is 1.19 bits per heavy atom. The van der Waals surface area contributed by atoms with Crippen molar-refractivity contribution in [1.82, 2.24) is 10.2 Å². The number of nitrogens with one attached hydrogen (secondary N) is 1. The van der Waals surface area contributed by atoms with Gasteiger partial charge in [-0.3, -0.25) is 9.69 Å². The van der Waals surface area contributed by atoms with Crippen molar-refractivity contribution in [3.63, 3.8) is 0 Å². The van der Waals surface area contributed by atoms with Gasteiger partial charge in [-0.25, -0.2) is 0 Å². The highest BCUT2D eigenvalue weighted by Gasteiger charge is 2.31. The molecule has 1 fully saturated rings. The number of amides is 1. The summed E-state index contributed by atoms with van der Waals surface area (Å²) in [7, 11) is 0. The molecule has 0 bridgehead atoms. The van der Waals surface area contributed by atoms with E-state index >= 15 is 0 Å². The zero-order chi connectivity index (χ0) is 16.0. The van der Waals surface area contributed by atoms with Crippen molar-refractivity contribution in [2.75, 3.05) is 19.6 Å². The number of likely N-dealkylation sites (tertiary alicyclic amines) is 1. The van der Waals surface area contributed by atoms with Crippen molar-refractivity contribution in [3.05, 3.63) is 0 Å². The lowest BCUT2D eigenvalue weighted by Crippen LogP contribution is -2.52. The van der Waals surface area contributed by atoms with Gasteiger partial charge in [-0.2, -0.15) is 0 Å². The number of carbonyl (C=O) groups excluding carboxylic acids is 1. The quantitative estimate of drug-likeness (QED) is 0.759. The van der Waals surface area contributed by atoms with Gasteiger partial charge in [0.15, 0.2) is 0 Å². The highest BCUT2D eigenvalue weighted by atomic mass is 16.3. The minimum Gasteiger partial charge on any atom is -0.393 e. The van der Waals surface area contributed by atoms with Crippen LogP contribution < -0.4 is 5.32 Å². The largest absolute Gasteiger partial charge is 0.393 e. The number of rotatable bonds is 7. The van der Waals surface area contributed by atoms with E-state index in [0.717, 1.165) is 13.1 Å². The van der Waals surface area contributed by atoms with Crippen LogP contribution in [0.5, 0.6) is 0 Å². The standard InChI is InChI=1S/C17H34N2O2/c1-13(2)15(19-9-7-6-8-10-19)16(21)18-12-17(4,5)11-14(3)20/h13-15,20H,6-12H2,1-5H3,(H,18,21). The van der Waals surface area contributed by atoms with Crippen LogP contribution in [0.3, 0.4) is 0 Å². The fraction of sp³-hybridized carbons (Fsp3) is 0.941. The summed E-state index contributed by atoms with van der Waals surface area (Å²) < 4.78 is 0. The smallest absolute Gasteiger partial charge is 0.237 e. The van der Waals surface area contributed by atoms with Gasteiger partial charge in [0.25, 0.3) is 0 Å². The first-order chi connectivity index (χ1) is 9.73. The van der Waals surface area contributed by atoms with Gasteiger partial charge < -0.3 is 10.4 Å². The van der Waals surface area contributed by atoms with Crippen molar-refractivity contribution in [2.24, 2.45) is 11.3 Å². The topological polar surface area (TPSA) is 52.6 Å². The predicted octanol–water partition coefficient (Wildman–Crippen LogP) is 2.41. The van der Waals surface area contributed by atoms with Crippen LogP contribution in [0.2, 0.25) is 0 Å².